The quantitative estimate of drug-likeness (QED) is 0.887. The van der Waals surface area contributed by atoms with Crippen molar-refractivity contribution in [2.24, 2.45) is 0 Å². The summed E-state index contributed by atoms with van der Waals surface area (Å²) >= 11 is 0. The third-order valence-electron chi connectivity index (χ3n) is 4.13. The van der Waals surface area contributed by atoms with Crippen LogP contribution in [0.5, 0.6) is 0 Å². The van der Waals surface area contributed by atoms with Crippen LogP contribution in [-0.2, 0) is 16.5 Å². The highest BCUT2D eigenvalue weighted by Crippen LogP contribution is 2.32. The number of morpholine rings is 1. The minimum Gasteiger partial charge on any atom is -0.384 e. The van der Waals surface area contributed by atoms with E-state index in [9.17, 15) is 18.3 Å². The predicted molar refractivity (Wildman–Crippen MR) is 85.7 cm³/mol. The molecular weight excluding hydrogens is 321 g/mol. The van der Waals surface area contributed by atoms with Crippen molar-refractivity contribution in [3.8, 4) is 0 Å². The number of halogens is 3. The van der Waals surface area contributed by atoms with Crippen molar-refractivity contribution in [1.82, 2.24) is 9.80 Å². The van der Waals surface area contributed by atoms with Gasteiger partial charge in [0.1, 0.15) is 0 Å². The van der Waals surface area contributed by atoms with Crippen LogP contribution in [0.1, 0.15) is 18.1 Å². The molecule has 0 aromatic heterocycles. The Balaban J connectivity index is 2.07. The Bertz CT molecular complexity index is 547. The number of rotatable bonds is 5. The molecular formula is C17H25F3N2O2. The van der Waals surface area contributed by atoms with Crippen molar-refractivity contribution in [2.45, 2.75) is 24.8 Å². The van der Waals surface area contributed by atoms with Crippen LogP contribution >= 0.6 is 0 Å². The highest BCUT2D eigenvalue weighted by molar-refractivity contribution is 5.29. The van der Waals surface area contributed by atoms with E-state index < -0.39 is 17.3 Å². The molecule has 1 aromatic carbocycles. The first-order valence-electron chi connectivity index (χ1n) is 7.97. The molecule has 1 aliphatic heterocycles. The van der Waals surface area contributed by atoms with Gasteiger partial charge < -0.3 is 14.7 Å². The zero-order valence-electron chi connectivity index (χ0n) is 14.3. The number of nitrogens with zero attached hydrogens (tertiary/aromatic N) is 2. The van der Waals surface area contributed by atoms with E-state index in [4.69, 9.17) is 4.74 Å². The van der Waals surface area contributed by atoms with Crippen LogP contribution in [0.15, 0.2) is 24.3 Å². The van der Waals surface area contributed by atoms with Gasteiger partial charge in [-0.3, -0.25) is 4.90 Å². The molecule has 0 aliphatic carbocycles. The van der Waals surface area contributed by atoms with E-state index in [0.717, 1.165) is 18.7 Å². The maximum atomic E-state index is 12.9. The highest BCUT2D eigenvalue weighted by atomic mass is 19.4. The topological polar surface area (TPSA) is 35.9 Å². The number of likely N-dealkylation sites (N-methyl/N-ethyl adjacent to an activating group) is 1. The first kappa shape index (κ1) is 19.2. The third-order valence-corrected chi connectivity index (χ3v) is 4.13. The Hall–Kier alpha value is -1.15. The predicted octanol–water partition coefficient (Wildman–Crippen LogP) is 2.18. The van der Waals surface area contributed by atoms with E-state index >= 15 is 0 Å². The van der Waals surface area contributed by atoms with Gasteiger partial charge in [0.25, 0.3) is 0 Å². The van der Waals surface area contributed by atoms with Gasteiger partial charge in [-0.15, -0.1) is 0 Å². The lowest BCUT2D eigenvalue weighted by Crippen LogP contribution is -2.50. The molecule has 136 valence electrons. The average Bonchev–Trinajstić information content (AvgIpc) is 2.45. The summed E-state index contributed by atoms with van der Waals surface area (Å²) in [5.74, 6) is 0. The summed E-state index contributed by atoms with van der Waals surface area (Å²) in [4.78, 5) is 4.07. The fraction of sp³-hybridized carbons (Fsp3) is 0.647. The van der Waals surface area contributed by atoms with E-state index in [1.807, 2.05) is 23.9 Å². The van der Waals surface area contributed by atoms with Crippen LogP contribution in [0.3, 0.4) is 0 Å². The molecule has 0 bridgehead atoms. The molecule has 0 spiro atoms. The molecule has 0 unspecified atom stereocenters. The van der Waals surface area contributed by atoms with Crippen LogP contribution in [-0.4, -0.2) is 67.9 Å². The highest BCUT2D eigenvalue weighted by Gasteiger charge is 2.34. The molecule has 24 heavy (non-hydrogen) atoms. The normalized spacial score (nSPS) is 22.6. The number of β-amino-alcohol motifs (C(OH)–C–C–N with tert-alkyl or cyclic N) is 1. The minimum atomic E-state index is -4.41. The van der Waals surface area contributed by atoms with Crippen LogP contribution in [0.4, 0.5) is 13.2 Å². The van der Waals surface area contributed by atoms with Gasteiger partial charge in [-0.1, -0.05) is 12.1 Å². The van der Waals surface area contributed by atoms with Gasteiger partial charge in [0.15, 0.2) is 0 Å². The van der Waals surface area contributed by atoms with Gasteiger partial charge in [-0.2, -0.15) is 13.2 Å². The van der Waals surface area contributed by atoms with Gasteiger partial charge >= 0.3 is 6.18 Å². The smallest absolute Gasteiger partial charge is 0.384 e. The summed E-state index contributed by atoms with van der Waals surface area (Å²) in [6.07, 6.45) is -4.38. The van der Waals surface area contributed by atoms with Gasteiger partial charge in [-0.25, -0.2) is 0 Å². The Kier molecular flexibility index (Phi) is 5.91. The summed E-state index contributed by atoms with van der Waals surface area (Å²) in [5, 5.41) is 10.7. The van der Waals surface area contributed by atoms with Gasteiger partial charge in [0.2, 0.25) is 0 Å². The monoisotopic (exact) mass is 346 g/mol. The van der Waals surface area contributed by atoms with Crippen LogP contribution in [0.2, 0.25) is 0 Å². The van der Waals surface area contributed by atoms with E-state index in [2.05, 4.69) is 0 Å². The molecule has 1 fully saturated rings. The Morgan fingerprint density at radius 1 is 1.29 bits per heavy atom. The lowest BCUT2D eigenvalue weighted by atomic mass is 9.93. The molecule has 4 nitrogen and oxygen atoms in total. The fourth-order valence-electron chi connectivity index (χ4n) is 3.00. The van der Waals surface area contributed by atoms with E-state index in [0.29, 0.717) is 19.7 Å². The minimum absolute atomic E-state index is 0.0334. The summed E-state index contributed by atoms with van der Waals surface area (Å²) in [5.41, 5.74) is -1.83. The summed E-state index contributed by atoms with van der Waals surface area (Å²) in [6, 6.07) is 4.91. The van der Waals surface area contributed by atoms with Crippen LogP contribution in [0, 0.1) is 0 Å². The molecule has 0 amide bonds. The van der Waals surface area contributed by atoms with E-state index in [-0.39, 0.29) is 18.2 Å². The molecule has 0 radical (unpaired) electrons. The third kappa shape index (κ3) is 5.17. The second-order valence-electron chi connectivity index (χ2n) is 6.84. The first-order chi connectivity index (χ1) is 11.1. The van der Waals surface area contributed by atoms with Crippen molar-refractivity contribution in [1.29, 1.82) is 0 Å². The SMILES string of the molecule is CN(C)C[C@H]1CN(C[C@@](C)(O)c2cccc(C(F)(F)F)c2)CCO1. The number of ether oxygens (including phenoxy) is 1. The second-order valence-corrected chi connectivity index (χ2v) is 6.84. The molecule has 1 aliphatic rings. The van der Waals surface area contributed by atoms with E-state index in [1.54, 1.807) is 6.92 Å². The zero-order valence-corrected chi connectivity index (χ0v) is 14.3. The Morgan fingerprint density at radius 3 is 2.58 bits per heavy atom. The molecule has 7 heteroatoms. The largest absolute Gasteiger partial charge is 0.416 e. The summed E-state index contributed by atoms with van der Waals surface area (Å²) in [6.45, 7) is 4.44. The maximum Gasteiger partial charge on any atom is 0.416 e. The van der Waals surface area contributed by atoms with Crippen LogP contribution < -0.4 is 0 Å². The van der Waals surface area contributed by atoms with Crippen molar-refractivity contribution < 1.29 is 23.0 Å². The second kappa shape index (κ2) is 7.39. The molecule has 2 rings (SSSR count). The van der Waals surface area contributed by atoms with E-state index in [1.165, 1.54) is 12.1 Å². The molecule has 1 heterocycles. The Labute approximate surface area is 140 Å². The van der Waals surface area contributed by atoms with Gasteiger partial charge in [0.05, 0.1) is 23.9 Å². The first-order valence-corrected chi connectivity index (χ1v) is 7.97. The molecule has 1 aromatic rings. The van der Waals surface area contributed by atoms with Gasteiger partial charge in [0, 0.05) is 26.2 Å². The standard InChI is InChI=1S/C17H25F3N2O2/c1-16(23,13-5-4-6-14(9-13)17(18,19)20)12-22-7-8-24-15(11-22)10-21(2)3/h4-6,9,15,23H,7-8,10-12H2,1-3H3/t15-,16+/m0/s1. The Morgan fingerprint density at radius 2 is 1.96 bits per heavy atom. The molecule has 1 saturated heterocycles. The molecule has 1 N–H and O–H groups in total. The summed E-state index contributed by atoms with van der Waals surface area (Å²) < 4.78 is 44.3. The number of hydrogen-bond acceptors (Lipinski definition) is 4. The summed E-state index contributed by atoms with van der Waals surface area (Å²) in [7, 11) is 3.92. The van der Waals surface area contributed by atoms with Crippen LogP contribution in [0.25, 0.3) is 0 Å². The lowest BCUT2D eigenvalue weighted by molar-refractivity contribution is -0.137. The van der Waals surface area contributed by atoms with Crippen molar-refractivity contribution in [3.63, 3.8) is 0 Å². The van der Waals surface area contributed by atoms with Crippen molar-refractivity contribution >= 4 is 0 Å². The molecule has 2 atom stereocenters. The van der Waals surface area contributed by atoms with Crippen molar-refractivity contribution in [3.05, 3.63) is 35.4 Å². The maximum absolute atomic E-state index is 12.9. The lowest BCUT2D eigenvalue weighted by Gasteiger charge is -2.38. The van der Waals surface area contributed by atoms with Gasteiger partial charge in [-0.05, 0) is 38.7 Å². The number of benzene rings is 1. The number of aliphatic hydroxyl groups is 1. The fourth-order valence-corrected chi connectivity index (χ4v) is 3.00. The zero-order chi connectivity index (χ0) is 18.0. The number of alkyl halides is 3. The number of hydrogen-bond donors (Lipinski definition) is 1. The van der Waals surface area contributed by atoms with Crippen molar-refractivity contribution in [2.75, 3.05) is 46.9 Å². The molecule has 0 saturated carbocycles. The average molecular weight is 346 g/mol.